The zero-order valence-corrected chi connectivity index (χ0v) is 15.5. The van der Waals surface area contributed by atoms with Crippen LogP contribution in [0.25, 0.3) is 11.3 Å². The van der Waals surface area contributed by atoms with Crippen molar-refractivity contribution in [2.24, 2.45) is 0 Å². The highest BCUT2D eigenvalue weighted by atomic mass is 35.5. The molecule has 3 aromatic rings. The number of para-hydroxylation sites is 1. The fourth-order valence-corrected chi connectivity index (χ4v) is 2.85. The lowest BCUT2D eigenvalue weighted by Gasteiger charge is -2.16. The number of nitrogens with two attached hydrogens (primary N) is 2. The molecule has 1 aromatic heterocycles. The molecule has 0 aliphatic heterocycles. The van der Waals surface area contributed by atoms with Crippen LogP contribution in [-0.4, -0.2) is 17.1 Å². The highest BCUT2D eigenvalue weighted by molar-refractivity contribution is 6.31. The zero-order valence-electron chi connectivity index (χ0n) is 14.7. The predicted octanol–water partition coefficient (Wildman–Crippen LogP) is 3.56. The quantitative estimate of drug-likeness (QED) is 0.672. The molecular weight excluding hydrogens is 385 g/mol. The van der Waals surface area contributed by atoms with Crippen molar-refractivity contribution in [3.63, 3.8) is 0 Å². The molecule has 2 aromatic carbocycles. The Labute approximate surface area is 165 Å². The average molecular weight is 400 g/mol. The number of nitrogen functional groups attached to an aromatic ring is 2. The predicted molar refractivity (Wildman–Crippen MR) is 103 cm³/mol. The molecule has 4 N–H and O–H groups in total. The summed E-state index contributed by atoms with van der Waals surface area (Å²) in [5.41, 5.74) is 12.3. The van der Waals surface area contributed by atoms with Crippen molar-refractivity contribution in [3.8, 4) is 28.8 Å². The molecule has 0 spiro atoms. The second-order valence-electron chi connectivity index (χ2n) is 5.63. The van der Waals surface area contributed by atoms with Gasteiger partial charge in [0.2, 0.25) is 5.95 Å². The van der Waals surface area contributed by atoms with Crippen LogP contribution in [0.15, 0.2) is 36.4 Å². The van der Waals surface area contributed by atoms with E-state index in [0.717, 1.165) is 0 Å². The van der Waals surface area contributed by atoms with E-state index >= 15 is 0 Å². The van der Waals surface area contributed by atoms with E-state index in [9.17, 15) is 9.65 Å². The Hall–Kier alpha value is -3.57. The SMILES string of the molecule is COc1cccc(-c2nc(N)nc(N)c2C#N)c1OCc1c(F)cccc1Cl. The van der Waals surface area contributed by atoms with Crippen molar-refractivity contribution in [2.45, 2.75) is 6.61 Å². The number of benzene rings is 2. The lowest BCUT2D eigenvalue weighted by Crippen LogP contribution is -2.07. The number of rotatable bonds is 5. The highest BCUT2D eigenvalue weighted by Crippen LogP contribution is 2.40. The number of halogens is 2. The highest BCUT2D eigenvalue weighted by Gasteiger charge is 2.20. The summed E-state index contributed by atoms with van der Waals surface area (Å²) in [6, 6.07) is 11.3. The number of hydrogen-bond donors (Lipinski definition) is 2. The Morgan fingerprint density at radius 3 is 2.61 bits per heavy atom. The molecular formula is C19H15ClFN5O2. The smallest absolute Gasteiger partial charge is 0.222 e. The van der Waals surface area contributed by atoms with E-state index in [0.29, 0.717) is 11.3 Å². The summed E-state index contributed by atoms with van der Waals surface area (Å²) in [5.74, 6) is -0.0755. The van der Waals surface area contributed by atoms with E-state index in [-0.39, 0.29) is 46.0 Å². The van der Waals surface area contributed by atoms with Crippen molar-refractivity contribution < 1.29 is 13.9 Å². The number of ether oxygens (including phenoxy) is 2. The Morgan fingerprint density at radius 2 is 1.93 bits per heavy atom. The molecule has 7 nitrogen and oxygen atoms in total. The van der Waals surface area contributed by atoms with Crippen molar-refractivity contribution in [1.82, 2.24) is 9.97 Å². The number of hydrogen-bond acceptors (Lipinski definition) is 7. The van der Waals surface area contributed by atoms with Crippen LogP contribution in [0.4, 0.5) is 16.2 Å². The molecule has 0 aliphatic carbocycles. The van der Waals surface area contributed by atoms with Gasteiger partial charge in [-0.05, 0) is 24.3 Å². The number of nitrogens with zero attached hydrogens (tertiary/aromatic N) is 3. The van der Waals surface area contributed by atoms with Crippen LogP contribution < -0.4 is 20.9 Å². The average Bonchev–Trinajstić information content (AvgIpc) is 2.67. The number of methoxy groups -OCH3 is 1. The van der Waals surface area contributed by atoms with Gasteiger partial charge in [-0.1, -0.05) is 23.7 Å². The van der Waals surface area contributed by atoms with Gasteiger partial charge in [0.25, 0.3) is 0 Å². The van der Waals surface area contributed by atoms with Gasteiger partial charge in [0.15, 0.2) is 11.5 Å². The molecule has 28 heavy (non-hydrogen) atoms. The van der Waals surface area contributed by atoms with Crippen molar-refractivity contribution in [3.05, 3.63) is 58.4 Å². The third kappa shape index (κ3) is 3.61. The van der Waals surface area contributed by atoms with Crippen LogP contribution in [0.1, 0.15) is 11.1 Å². The van der Waals surface area contributed by atoms with E-state index in [1.54, 1.807) is 24.3 Å². The molecule has 0 atom stereocenters. The lowest BCUT2D eigenvalue weighted by molar-refractivity contribution is 0.281. The van der Waals surface area contributed by atoms with Gasteiger partial charge in [-0.25, -0.2) is 9.37 Å². The molecule has 0 saturated carbocycles. The van der Waals surface area contributed by atoms with Crippen LogP contribution in [0.5, 0.6) is 11.5 Å². The van der Waals surface area contributed by atoms with E-state index in [4.69, 9.17) is 32.5 Å². The molecule has 1 heterocycles. The fraction of sp³-hybridized carbons (Fsp3) is 0.105. The van der Waals surface area contributed by atoms with E-state index < -0.39 is 5.82 Å². The molecule has 9 heteroatoms. The standard InChI is InChI=1S/C19H15ClFN5O2/c1-27-15-7-2-4-10(16-11(8-22)18(23)26-19(24)25-16)17(15)28-9-12-13(20)5-3-6-14(12)21/h2-7H,9H2,1H3,(H4,23,24,25,26). The monoisotopic (exact) mass is 399 g/mol. The van der Waals surface area contributed by atoms with Crippen LogP contribution in [0, 0.1) is 17.1 Å². The molecule has 0 unspecified atom stereocenters. The summed E-state index contributed by atoms with van der Waals surface area (Å²) in [5, 5.41) is 9.69. The van der Waals surface area contributed by atoms with Gasteiger partial charge in [0.05, 0.1) is 17.8 Å². The van der Waals surface area contributed by atoms with Crippen LogP contribution in [0.3, 0.4) is 0 Å². The van der Waals surface area contributed by atoms with E-state index in [2.05, 4.69) is 9.97 Å². The molecule has 142 valence electrons. The van der Waals surface area contributed by atoms with Gasteiger partial charge in [-0.2, -0.15) is 10.2 Å². The summed E-state index contributed by atoms with van der Waals surface area (Å²) in [7, 11) is 1.45. The maximum absolute atomic E-state index is 14.1. The van der Waals surface area contributed by atoms with Gasteiger partial charge in [0.1, 0.15) is 29.9 Å². The summed E-state index contributed by atoms with van der Waals surface area (Å²) < 4.78 is 25.3. The molecule has 3 rings (SSSR count). The van der Waals surface area contributed by atoms with Crippen LogP contribution in [-0.2, 0) is 6.61 Å². The number of anilines is 2. The fourth-order valence-electron chi connectivity index (χ4n) is 2.63. The lowest BCUT2D eigenvalue weighted by atomic mass is 10.1. The first kappa shape index (κ1) is 19.2. The summed E-state index contributed by atoms with van der Waals surface area (Å²) in [4.78, 5) is 7.93. The number of aromatic nitrogens is 2. The summed E-state index contributed by atoms with van der Waals surface area (Å²) >= 11 is 6.07. The van der Waals surface area contributed by atoms with Gasteiger partial charge in [0, 0.05) is 11.1 Å². The van der Waals surface area contributed by atoms with Crippen molar-refractivity contribution in [2.75, 3.05) is 18.6 Å². The van der Waals surface area contributed by atoms with Crippen molar-refractivity contribution >= 4 is 23.4 Å². The van der Waals surface area contributed by atoms with Crippen LogP contribution >= 0.6 is 11.6 Å². The zero-order chi connectivity index (χ0) is 20.3. The Bertz CT molecular complexity index is 1060. The first-order chi connectivity index (χ1) is 13.5. The van der Waals surface area contributed by atoms with E-state index in [1.165, 1.54) is 19.2 Å². The molecule has 0 radical (unpaired) electrons. The normalized spacial score (nSPS) is 10.4. The minimum Gasteiger partial charge on any atom is -0.493 e. The second-order valence-corrected chi connectivity index (χ2v) is 6.04. The number of nitriles is 1. The largest absolute Gasteiger partial charge is 0.493 e. The topological polar surface area (TPSA) is 120 Å². The maximum atomic E-state index is 14.1. The minimum atomic E-state index is -0.503. The Balaban J connectivity index is 2.12. The third-order valence-electron chi connectivity index (χ3n) is 3.94. The molecule has 0 bridgehead atoms. The first-order valence-corrected chi connectivity index (χ1v) is 8.40. The van der Waals surface area contributed by atoms with Crippen molar-refractivity contribution in [1.29, 1.82) is 5.26 Å². The van der Waals surface area contributed by atoms with Gasteiger partial charge in [-0.3, -0.25) is 0 Å². The molecule has 0 saturated heterocycles. The third-order valence-corrected chi connectivity index (χ3v) is 4.30. The van der Waals surface area contributed by atoms with Gasteiger partial charge >= 0.3 is 0 Å². The first-order valence-electron chi connectivity index (χ1n) is 8.02. The molecule has 0 fully saturated rings. The Kier molecular flexibility index (Phi) is 5.47. The van der Waals surface area contributed by atoms with Gasteiger partial charge in [-0.15, -0.1) is 0 Å². The molecule has 0 amide bonds. The molecule has 0 aliphatic rings. The van der Waals surface area contributed by atoms with Gasteiger partial charge < -0.3 is 20.9 Å². The maximum Gasteiger partial charge on any atom is 0.222 e. The second kappa shape index (κ2) is 7.98. The Morgan fingerprint density at radius 1 is 1.18 bits per heavy atom. The van der Waals surface area contributed by atoms with E-state index in [1.807, 2.05) is 6.07 Å². The van der Waals surface area contributed by atoms with Crippen LogP contribution in [0.2, 0.25) is 5.02 Å². The summed E-state index contributed by atoms with van der Waals surface area (Å²) in [6.07, 6.45) is 0. The minimum absolute atomic E-state index is 0.0382. The summed E-state index contributed by atoms with van der Waals surface area (Å²) in [6.45, 7) is -0.170.